The summed E-state index contributed by atoms with van der Waals surface area (Å²) in [5.41, 5.74) is 2.92. The van der Waals surface area contributed by atoms with Crippen LogP contribution in [0.3, 0.4) is 0 Å². The summed E-state index contributed by atoms with van der Waals surface area (Å²) in [4.78, 5) is 36.3. The first kappa shape index (κ1) is 37.4. The maximum atomic E-state index is 13.6. The number of sulfonamides is 1. The molecule has 3 saturated heterocycles. The van der Waals surface area contributed by atoms with E-state index in [9.17, 15) is 26.8 Å². The van der Waals surface area contributed by atoms with Crippen LogP contribution in [0.5, 0.6) is 5.75 Å². The van der Waals surface area contributed by atoms with Crippen LogP contribution in [0.2, 0.25) is 0 Å². The lowest BCUT2D eigenvalue weighted by molar-refractivity contribution is -0.120. The van der Waals surface area contributed by atoms with Crippen molar-refractivity contribution >= 4 is 50.3 Å². The van der Waals surface area contributed by atoms with Crippen molar-refractivity contribution in [2.45, 2.75) is 68.5 Å². The summed E-state index contributed by atoms with van der Waals surface area (Å²) in [5.74, 6) is 0.800. The van der Waals surface area contributed by atoms with Crippen LogP contribution in [-0.4, -0.2) is 107 Å². The third-order valence-electron chi connectivity index (χ3n) is 10.3. The zero-order chi connectivity index (χ0) is 38.0. The molecule has 3 aliphatic heterocycles. The van der Waals surface area contributed by atoms with Gasteiger partial charge in [-0.15, -0.1) is 0 Å². The van der Waals surface area contributed by atoms with E-state index in [4.69, 9.17) is 0 Å². The zero-order valence-electron chi connectivity index (χ0n) is 30.1. The molecule has 1 atom stereocenters. The van der Waals surface area contributed by atoms with Crippen molar-refractivity contribution in [2.24, 2.45) is 7.05 Å². The van der Waals surface area contributed by atoms with E-state index in [1.165, 1.54) is 27.2 Å². The molecule has 5 heterocycles. The molecule has 7 rings (SSSR count). The normalized spacial score (nSPS) is 18.9. The Morgan fingerprint density at radius 3 is 2.43 bits per heavy atom. The van der Waals surface area contributed by atoms with E-state index in [0.29, 0.717) is 44.2 Å². The maximum Gasteiger partial charge on any atom is 0.387 e. The summed E-state index contributed by atoms with van der Waals surface area (Å²) in [5, 5.41) is 14.5. The molecule has 54 heavy (non-hydrogen) atoms. The monoisotopic (exact) mass is 766 g/mol. The number of nitrogens with one attached hydrogen (secondary N) is 3. The zero-order valence-corrected chi connectivity index (χ0v) is 30.9. The molecule has 0 spiro atoms. The number of carbonyl (C=O) groups excluding carboxylic acids is 2. The van der Waals surface area contributed by atoms with Gasteiger partial charge in [0.05, 0.1) is 22.8 Å². The number of anilines is 3. The second-order valence-corrected chi connectivity index (χ2v) is 16.0. The van der Waals surface area contributed by atoms with E-state index in [2.05, 4.69) is 59.7 Å². The summed E-state index contributed by atoms with van der Waals surface area (Å²) in [6.07, 6.45) is 5.63. The number of imide groups is 1. The predicted molar refractivity (Wildman–Crippen MR) is 198 cm³/mol. The van der Waals surface area contributed by atoms with Crippen LogP contribution >= 0.6 is 0 Å². The number of rotatable bonds is 12. The third-order valence-corrected chi connectivity index (χ3v) is 12.2. The molecule has 0 saturated carbocycles. The lowest BCUT2D eigenvalue weighted by Gasteiger charge is -2.34. The van der Waals surface area contributed by atoms with Crippen LogP contribution in [0.4, 0.5) is 31.0 Å². The molecule has 1 unspecified atom stereocenters. The van der Waals surface area contributed by atoms with E-state index in [0.717, 1.165) is 49.1 Å². The summed E-state index contributed by atoms with van der Waals surface area (Å²) >= 11 is 0. The molecule has 0 radical (unpaired) electrons. The highest BCUT2D eigenvalue weighted by atomic mass is 32.2. The van der Waals surface area contributed by atoms with Gasteiger partial charge in [-0.05, 0) is 87.5 Å². The first-order valence-electron chi connectivity index (χ1n) is 18.1. The topological polar surface area (TPSA) is 167 Å². The Labute approximate surface area is 312 Å². The molecule has 3 fully saturated rings. The average Bonchev–Trinajstić information content (AvgIpc) is 3.47. The standard InChI is InChI=1S/C36H44F2N10O5S/c1-23(22-46-13-8-24(9-14-46)25-6-7-30-31(18-25)45(2)44-33(30)48-17-12-32(49)43-36(48)50)41-27-4-3-5-29(19-27)54(51,52)47-15-10-26(11-16-47)42-35-39-20-28(21-40-35)53-34(37)38/h3-7,18-21,23-24,26,34,41H,8-17,22H2,1-2H3,(H,39,40,42)(H,43,49,50). The molecule has 15 nitrogen and oxygen atoms in total. The number of hydrogen-bond acceptors (Lipinski definition) is 11. The van der Waals surface area contributed by atoms with E-state index >= 15 is 0 Å². The molecule has 3 N–H and O–H groups in total. The number of ether oxygens (including phenoxy) is 1. The van der Waals surface area contributed by atoms with Crippen LogP contribution in [0.15, 0.2) is 59.8 Å². The molecule has 288 valence electrons. The van der Waals surface area contributed by atoms with Crippen molar-refractivity contribution in [1.29, 1.82) is 0 Å². The molecule has 18 heteroatoms. The lowest BCUT2D eigenvalue weighted by atomic mass is 9.89. The SMILES string of the molecule is CC(CN1CCC(c2ccc3c(N4CCC(=O)NC4=O)nn(C)c3c2)CC1)Nc1cccc(S(=O)(=O)N2CCC(Nc3ncc(OC(F)F)cn3)CC2)c1. The third kappa shape index (κ3) is 8.39. The first-order chi connectivity index (χ1) is 25.9. The number of piperidine rings is 2. The Morgan fingerprint density at radius 2 is 1.72 bits per heavy atom. The highest BCUT2D eigenvalue weighted by Crippen LogP contribution is 2.34. The molecule has 0 aliphatic carbocycles. The number of amides is 3. The number of alkyl halides is 2. The van der Waals surface area contributed by atoms with Crippen LogP contribution in [0.25, 0.3) is 10.9 Å². The van der Waals surface area contributed by atoms with Gasteiger partial charge in [0, 0.05) is 62.8 Å². The summed E-state index contributed by atoms with van der Waals surface area (Å²) in [6.45, 7) is 2.73. The molecule has 3 aliphatic rings. The highest BCUT2D eigenvalue weighted by Gasteiger charge is 2.31. The van der Waals surface area contributed by atoms with Crippen molar-refractivity contribution in [3.63, 3.8) is 0 Å². The highest BCUT2D eigenvalue weighted by molar-refractivity contribution is 7.89. The van der Waals surface area contributed by atoms with Crippen molar-refractivity contribution < 1.29 is 31.5 Å². The molecule has 3 amide bonds. The molecule has 2 aromatic carbocycles. The van der Waals surface area contributed by atoms with Crippen molar-refractivity contribution in [1.82, 2.24) is 34.3 Å². The Balaban J connectivity index is 0.889. The minimum absolute atomic E-state index is 0.0691. The predicted octanol–water partition coefficient (Wildman–Crippen LogP) is 4.36. The van der Waals surface area contributed by atoms with Gasteiger partial charge in [0.2, 0.25) is 21.9 Å². The molecule has 2 aromatic heterocycles. The van der Waals surface area contributed by atoms with Gasteiger partial charge in [-0.3, -0.25) is 19.7 Å². The first-order valence-corrected chi connectivity index (χ1v) is 19.6. The quantitative estimate of drug-likeness (QED) is 0.188. The Kier molecular flexibility index (Phi) is 10.9. The average molecular weight is 767 g/mol. The lowest BCUT2D eigenvalue weighted by Crippen LogP contribution is -2.49. The fourth-order valence-electron chi connectivity index (χ4n) is 7.51. The van der Waals surface area contributed by atoms with Gasteiger partial charge >= 0.3 is 12.6 Å². The number of aryl methyl sites for hydroxylation is 1. The van der Waals surface area contributed by atoms with Gasteiger partial charge in [-0.2, -0.15) is 18.2 Å². The summed E-state index contributed by atoms with van der Waals surface area (Å²) in [7, 11) is -1.85. The van der Waals surface area contributed by atoms with E-state index in [-0.39, 0.29) is 41.0 Å². The molecule has 0 bridgehead atoms. The Morgan fingerprint density at radius 1 is 0.981 bits per heavy atom. The van der Waals surface area contributed by atoms with Crippen LogP contribution < -0.4 is 25.6 Å². The summed E-state index contributed by atoms with van der Waals surface area (Å²) in [6, 6.07) is 12.8. The second kappa shape index (κ2) is 15.8. The van der Waals surface area contributed by atoms with Crippen LogP contribution in [-0.2, 0) is 21.9 Å². The summed E-state index contributed by atoms with van der Waals surface area (Å²) < 4.78 is 59.5. The molecular weight excluding hydrogens is 723 g/mol. The van der Waals surface area contributed by atoms with Crippen LogP contribution in [0, 0.1) is 0 Å². The van der Waals surface area contributed by atoms with Crippen molar-refractivity contribution in [2.75, 3.05) is 54.8 Å². The number of halogens is 2. The maximum absolute atomic E-state index is 13.6. The van der Waals surface area contributed by atoms with Gasteiger partial charge in [-0.1, -0.05) is 12.1 Å². The largest absolute Gasteiger partial charge is 0.432 e. The fourth-order valence-corrected chi connectivity index (χ4v) is 9.03. The minimum atomic E-state index is -3.72. The number of aromatic nitrogens is 4. The van der Waals surface area contributed by atoms with Gasteiger partial charge < -0.3 is 20.3 Å². The number of fused-ring (bicyclic) bond motifs is 1. The van der Waals surface area contributed by atoms with Gasteiger partial charge in [0.1, 0.15) is 0 Å². The Hall–Kier alpha value is -4.94. The minimum Gasteiger partial charge on any atom is -0.432 e. The van der Waals surface area contributed by atoms with Crippen LogP contribution in [0.1, 0.15) is 50.5 Å². The Bertz CT molecular complexity index is 2080. The van der Waals surface area contributed by atoms with Gasteiger partial charge in [0.25, 0.3) is 0 Å². The van der Waals surface area contributed by atoms with E-state index in [1.54, 1.807) is 22.9 Å². The van der Waals surface area contributed by atoms with Crippen molar-refractivity contribution in [3.05, 3.63) is 60.4 Å². The van der Waals surface area contributed by atoms with E-state index < -0.39 is 22.7 Å². The number of nitrogens with zero attached hydrogens (tertiary/aromatic N) is 7. The smallest absolute Gasteiger partial charge is 0.387 e. The van der Waals surface area contributed by atoms with E-state index in [1.807, 2.05) is 19.2 Å². The molecular formula is C36H44F2N10O5S. The molecule has 4 aromatic rings. The fraction of sp³-hybridized carbons (Fsp3) is 0.472. The number of carbonyl (C=O) groups is 2. The number of urea groups is 1. The number of likely N-dealkylation sites (tertiary alicyclic amines) is 1. The van der Waals surface area contributed by atoms with Gasteiger partial charge in [-0.25, -0.2) is 23.2 Å². The van der Waals surface area contributed by atoms with Crippen molar-refractivity contribution in [3.8, 4) is 5.75 Å². The number of benzene rings is 2. The number of hydrogen-bond donors (Lipinski definition) is 3. The second-order valence-electron chi connectivity index (χ2n) is 14.1. The van der Waals surface area contributed by atoms with Gasteiger partial charge in [0.15, 0.2) is 11.6 Å².